The number of nitriles is 3. The molecular formula is C17H7N3S3. The van der Waals surface area contributed by atoms with Crippen LogP contribution in [-0.4, -0.2) is 0 Å². The topological polar surface area (TPSA) is 71.4 Å². The second-order valence-corrected chi connectivity index (χ2v) is 7.51. The van der Waals surface area contributed by atoms with Gasteiger partial charge in [0.2, 0.25) is 0 Å². The molecule has 23 heavy (non-hydrogen) atoms. The van der Waals surface area contributed by atoms with Crippen molar-refractivity contribution in [3.8, 4) is 37.7 Å². The fraction of sp³-hybridized carbons (Fsp3) is 0. The summed E-state index contributed by atoms with van der Waals surface area (Å²) in [6, 6.07) is 17.5. The van der Waals surface area contributed by atoms with Gasteiger partial charge in [-0.05, 0) is 35.7 Å². The van der Waals surface area contributed by atoms with Gasteiger partial charge < -0.3 is 0 Å². The number of thiophene rings is 3. The third kappa shape index (κ3) is 2.95. The fourth-order valence-electron chi connectivity index (χ4n) is 2.00. The molecule has 3 aromatic heterocycles. The van der Waals surface area contributed by atoms with Gasteiger partial charge >= 0.3 is 0 Å². The van der Waals surface area contributed by atoms with Gasteiger partial charge in [0.1, 0.15) is 23.8 Å². The summed E-state index contributed by atoms with van der Waals surface area (Å²) in [6.45, 7) is 0. The first-order valence-corrected chi connectivity index (χ1v) is 8.97. The molecule has 3 rings (SSSR count). The highest BCUT2D eigenvalue weighted by atomic mass is 32.1. The number of hydrogen-bond acceptors (Lipinski definition) is 6. The quantitative estimate of drug-likeness (QED) is 0.584. The Morgan fingerprint density at radius 3 is 2.00 bits per heavy atom. The van der Waals surface area contributed by atoms with E-state index in [1.165, 1.54) is 21.1 Å². The minimum absolute atomic E-state index is 0.140. The molecule has 6 heteroatoms. The monoisotopic (exact) mass is 349 g/mol. The smallest absolute Gasteiger partial charge is 0.148 e. The van der Waals surface area contributed by atoms with Crippen molar-refractivity contribution in [1.82, 2.24) is 0 Å². The van der Waals surface area contributed by atoms with E-state index in [1.54, 1.807) is 40.9 Å². The number of nitrogens with zero attached hydrogens (tertiary/aromatic N) is 3. The molecule has 0 bridgehead atoms. The van der Waals surface area contributed by atoms with Gasteiger partial charge in [-0.2, -0.15) is 15.8 Å². The van der Waals surface area contributed by atoms with Crippen LogP contribution in [0.2, 0.25) is 0 Å². The maximum absolute atomic E-state index is 9.22. The highest BCUT2D eigenvalue weighted by molar-refractivity contribution is 7.26. The van der Waals surface area contributed by atoms with Crippen molar-refractivity contribution < 1.29 is 0 Å². The van der Waals surface area contributed by atoms with E-state index in [-0.39, 0.29) is 11.1 Å². The maximum Gasteiger partial charge on any atom is 0.148 e. The Morgan fingerprint density at radius 1 is 0.739 bits per heavy atom. The molecule has 0 unspecified atom stereocenters. The molecule has 0 aliphatic carbocycles. The predicted molar refractivity (Wildman–Crippen MR) is 94.7 cm³/mol. The number of hydrogen-bond donors (Lipinski definition) is 0. The van der Waals surface area contributed by atoms with E-state index < -0.39 is 0 Å². The summed E-state index contributed by atoms with van der Waals surface area (Å²) in [7, 11) is 0. The second-order valence-electron chi connectivity index (χ2n) is 4.39. The van der Waals surface area contributed by atoms with Gasteiger partial charge in [-0.3, -0.25) is 0 Å². The normalized spacial score (nSPS) is 9.61. The van der Waals surface area contributed by atoms with Crippen molar-refractivity contribution in [1.29, 1.82) is 15.8 Å². The van der Waals surface area contributed by atoms with E-state index in [0.29, 0.717) is 4.88 Å². The lowest BCUT2D eigenvalue weighted by Gasteiger charge is -1.93. The van der Waals surface area contributed by atoms with E-state index in [0.717, 1.165) is 9.75 Å². The van der Waals surface area contributed by atoms with Crippen LogP contribution in [0, 0.1) is 34.0 Å². The third-order valence-corrected chi connectivity index (χ3v) is 6.50. The van der Waals surface area contributed by atoms with Crippen molar-refractivity contribution in [3.05, 3.63) is 52.2 Å². The first-order chi connectivity index (χ1) is 11.3. The lowest BCUT2D eigenvalue weighted by atomic mass is 10.1. The van der Waals surface area contributed by atoms with Gasteiger partial charge in [0, 0.05) is 24.4 Å². The second kappa shape index (κ2) is 6.60. The van der Waals surface area contributed by atoms with E-state index in [2.05, 4.69) is 18.2 Å². The molecule has 0 saturated heterocycles. The molecule has 108 valence electrons. The Morgan fingerprint density at radius 2 is 1.39 bits per heavy atom. The van der Waals surface area contributed by atoms with Gasteiger partial charge in [-0.15, -0.1) is 34.0 Å². The van der Waals surface area contributed by atoms with Gasteiger partial charge in [-0.1, -0.05) is 6.07 Å². The molecule has 3 heterocycles. The van der Waals surface area contributed by atoms with Gasteiger partial charge in [0.25, 0.3) is 0 Å². The summed E-state index contributed by atoms with van der Waals surface area (Å²) >= 11 is 4.81. The summed E-state index contributed by atoms with van der Waals surface area (Å²) in [5, 5.41) is 29.2. The zero-order valence-corrected chi connectivity index (χ0v) is 14.1. The molecule has 3 aromatic rings. The Kier molecular flexibility index (Phi) is 4.37. The number of rotatable bonds is 3. The minimum atomic E-state index is -0.147. The zero-order chi connectivity index (χ0) is 16.2. The van der Waals surface area contributed by atoms with E-state index in [1.807, 2.05) is 23.6 Å². The maximum atomic E-state index is 9.22. The molecule has 0 aliphatic heterocycles. The lowest BCUT2D eigenvalue weighted by Crippen LogP contribution is -1.81. The SMILES string of the molecule is N#CC(C#N)=C(C#N)c1ccc(-c2ccc(-c3cccs3)s2)s1. The first-order valence-electron chi connectivity index (χ1n) is 6.45. The van der Waals surface area contributed by atoms with Crippen molar-refractivity contribution in [3.63, 3.8) is 0 Å². The lowest BCUT2D eigenvalue weighted by molar-refractivity contribution is 1.46. The molecular weight excluding hydrogens is 342 g/mol. The van der Waals surface area contributed by atoms with Crippen LogP contribution in [0.4, 0.5) is 0 Å². The van der Waals surface area contributed by atoms with Gasteiger partial charge in [-0.25, -0.2) is 0 Å². The molecule has 0 spiro atoms. The summed E-state index contributed by atoms with van der Waals surface area (Å²) in [5.41, 5.74) is -0.00681. The van der Waals surface area contributed by atoms with E-state index in [4.69, 9.17) is 10.5 Å². The van der Waals surface area contributed by atoms with Crippen molar-refractivity contribution >= 4 is 39.6 Å². The Bertz CT molecular complexity index is 983. The van der Waals surface area contributed by atoms with Crippen LogP contribution in [0.1, 0.15) is 4.88 Å². The van der Waals surface area contributed by atoms with Gasteiger partial charge in [0.15, 0.2) is 0 Å². The molecule has 0 saturated carbocycles. The van der Waals surface area contributed by atoms with Crippen LogP contribution in [0.5, 0.6) is 0 Å². The zero-order valence-electron chi connectivity index (χ0n) is 11.6. The van der Waals surface area contributed by atoms with Gasteiger partial charge in [0.05, 0.1) is 5.57 Å². The molecule has 0 aromatic carbocycles. The molecule has 3 nitrogen and oxygen atoms in total. The summed E-state index contributed by atoms with van der Waals surface area (Å²) < 4.78 is 0. The Labute approximate surface area is 145 Å². The first kappa shape index (κ1) is 15.2. The van der Waals surface area contributed by atoms with Crippen LogP contribution in [0.15, 0.2) is 47.4 Å². The van der Waals surface area contributed by atoms with Crippen molar-refractivity contribution in [2.75, 3.05) is 0 Å². The third-order valence-electron chi connectivity index (χ3n) is 3.05. The average Bonchev–Trinajstić information content (AvgIpc) is 3.32. The van der Waals surface area contributed by atoms with Crippen LogP contribution >= 0.6 is 34.0 Å². The van der Waals surface area contributed by atoms with Crippen molar-refractivity contribution in [2.24, 2.45) is 0 Å². The van der Waals surface area contributed by atoms with Crippen LogP contribution in [0.3, 0.4) is 0 Å². The molecule has 0 radical (unpaired) electrons. The summed E-state index contributed by atoms with van der Waals surface area (Å²) in [4.78, 5) is 5.21. The fourth-order valence-corrected chi connectivity index (χ4v) is 4.94. The molecule has 0 aliphatic rings. The Hall–Kier alpha value is -2.69. The minimum Gasteiger partial charge on any atom is -0.192 e. The van der Waals surface area contributed by atoms with Crippen LogP contribution in [0.25, 0.3) is 25.1 Å². The molecule has 0 fully saturated rings. The average molecular weight is 349 g/mol. The Balaban J connectivity index is 1.98. The highest BCUT2D eigenvalue weighted by Gasteiger charge is 2.13. The molecule has 0 amide bonds. The van der Waals surface area contributed by atoms with E-state index in [9.17, 15) is 5.26 Å². The summed E-state index contributed by atoms with van der Waals surface area (Å²) in [5.74, 6) is 0. The standard InChI is InChI=1S/C17H7N3S3/c18-8-11(9-19)12(10-20)13-3-4-16(22-13)17-6-5-15(23-17)14-2-1-7-21-14/h1-7H. The summed E-state index contributed by atoms with van der Waals surface area (Å²) in [6.07, 6.45) is 0. The number of allylic oxidation sites excluding steroid dienone is 2. The molecule has 0 atom stereocenters. The van der Waals surface area contributed by atoms with Crippen molar-refractivity contribution in [2.45, 2.75) is 0 Å². The largest absolute Gasteiger partial charge is 0.192 e. The predicted octanol–water partition coefficient (Wildman–Crippen LogP) is 5.53. The van der Waals surface area contributed by atoms with E-state index >= 15 is 0 Å². The van der Waals surface area contributed by atoms with Crippen LogP contribution in [-0.2, 0) is 0 Å². The molecule has 0 N–H and O–H groups in total. The highest BCUT2D eigenvalue weighted by Crippen LogP contribution is 2.40. The van der Waals surface area contributed by atoms with Crippen LogP contribution < -0.4 is 0 Å².